The van der Waals surface area contributed by atoms with Crippen LogP contribution in [0.15, 0.2) is 6.07 Å². The number of unbranched alkanes of at least 4 members (excludes halogenated alkanes) is 3. The third kappa shape index (κ3) is 6.67. The van der Waals surface area contributed by atoms with Crippen LogP contribution in [0.2, 0.25) is 3.43 Å². The summed E-state index contributed by atoms with van der Waals surface area (Å²) in [4.78, 5) is 2.13. The number of aryl methyl sites for hydroxylation is 1. The van der Waals surface area contributed by atoms with Gasteiger partial charge in [0.05, 0.1) is 0 Å². The van der Waals surface area contributed by atoms with Crippen LogP contribution in [0.1, 0.15) is 78.6 Å². The molecular weight excluding hydrogens is 389 g/mol. The van der Waals surface area contributed by atoms with Crippen LogP contribution in [0.5, 0.6) is 0 Å². The van der Waals surface area contributed by atoms with Crippen molar-refractivity contribution in [3.8, 4) is 0 Å². The first-order valence-corrected chi connectivity index (χ1v) is 12.3. The van der Waals surface area contributed by atoms with Gasteiger partial charge in [0.25, 0.3) is 0 Å². The van der Waals surface area contributed by atoms with E-state index in [4.69, 9.17) is 5.10 Å². The van der Waals surface area contributed by atoms with Crippen molar-refractivity contribution in [1.82, 2.24) is 9.78 Å². The van der Waals surface area contributed by atoms with Crippen LogP contribution >= 0.6 is 0 Å². The molecule has 0 aliphatic heterocycles. The minimum atomic E-state index is -0.671. The monoisotopic (exact) mass is 427 g/mol. The van der Waals surface area contributed by atoms with E-state index >= 15 is 0 Å². The second-order valence-electron chi connectivity index (χ2n) is 7.12. The average molecular weight is 426 g/mol. The van der Waals surface area contributed by atoms with Gasteiger partial charge in [-0.15, -0.1) is 0 Å². The second kappa shape index (κ2) is 10.6. The summed E-state index contributed by atoms with van der Waals surface area (Å²) in [6, 6.07) is 2.37. The van der Waals surface area contributed by atoms with Crippen LogP contribution in [0.3, 0.4) is 0 Å². The number of hydrogen-bond donors (Lipinski definition) is 0. The number of rotatable bonds is 12. The summed E-state index contributed by atoms with van der Waals surface area (Å²) in [7, 11) is 6.33. The molecule has 0 N–H and O–H groups in total. The molecule has 0 aromatic carbocycles. The topological polar surface area (TPSA) is 21.1 Å². The van der Waals surface area contributed by atoms with E-state index in [1.807, 2.05) is 0 Å². The van der Waals surface area contributed by atoms with Gasteiger partial charge in [-0.2, -0.15) is 0 Å². The summed E-state index contributed by atoms with van der Waals surface area (Å²) in [5.41, 5.74) is 0. The molecule has 0 saturated carbocycles. The van der Waals surface area contributed by atoms with Crippen molar-refractivity contribution in [1.29, 1.82) is 0 Å². The summed E-state index contributed by atoms with van der Waals surface area (Å²) in [5.74, 6) is 1.12. The standard InChI is InChI=1S/C13H27.C6H10N3.Sn/c1-4-7-10-13(11-8-5-2)12-9-6-3;1-8(2)6-4-5-9(3)7-6;/h4-12H2,1-3H3;4H,1-3H3;. The van der Waals surface area contributed by atoms with Crippen molar-refractivity contribution < 1.29 is 0 Å². The molecule has 0 unspecified atom stereocenters. The van der Waals surface area contributed by atoms with Gasteiger partial charge in [-0.1, -0.05) is 0 Å². The minimum absolute atomic E-state index is 0.642. The van der Waals surface area contributed by atoms with E-state index in [1.165, 1.54) is 57.8 Å². The predicted octanol–water partition coefficient (Wildman–Crippen LogP) is 4.54. The molecule has 0 fully saturated rings. The molecule has 3 nitrogen and oxygen atoms in total. The van der Waals surface area contributed by atoms with Crippen LogP contribution < -0.4 is 8.61 Å². The molecule has 4 heteroatoms. The Morgan fingerprint density at radius 3 is 1.83 bits per heavy atom. The third-order valence-electron chi connectivity index (χ3n) is 4.74. The molecule has 1 rings (SSSR count). The molecule has 0 atom stereocenters. The van der Waals surface area contributed by atoms with E-state index in [2.05, 4.69) is 57.6 Å². The molecule has 1 aromatic heterocycles. The van der Waals surface area contributed by atoms with Crippen molar-refractivity contribution in [2.75, 3.05) is 19.0 Å². The van der Waals surface area contributed by atoms with Crippen molar-refractivity contribution >= 4 is 30.7 Å². The van der Waals surface area contributed by atoms with Gasteiger partial charge in [-0.3, -0.25) is 0 Å². The molecule has 0 bridgehead atoms. The Balaban J connectivity index is 2.99. The fourth-order valence-electron chi connectivity index (χ4n) is 3.17. The molecule has 132 valence electrons. The Kier molecular flexibility index (Phi) is 9.64. The van der Waals surface area contributed by atoms with Crippen LogP contribution in [-0.2, 0) is 7.05 Å². The summed E-state index contributed by atoms with van der Waals surface area (Å²) in [6.07, 6.45) is 12.5. The van der Waals surface area contributed by atoms with Crippen LogP contribution in [0.4, 0.5) is 5.82 Å². The molecule has 23 heavy (non-hydrogen) atoms. The molecule has 1 aromatic rings. The number of aromatic nitrogens is 2. The quantitative estimate of drug-likeness (QED) is 0.458. The van der Waals surface area contributed by atoms with Gasteiger partial charge < -0.3 is 0 Å². The maximum atomic E-state index is 4.72. The summed E-state index contributed by atoms with van der Waals surface area (Å²) >= 11 is -0.671. The summed E-state index contributed by atoms with van der Waals surface area (Å²) < 4.78 is 4.39. The first-order chi connectivity index (χ1) is 11.0. The molecule has 2 radical (unpaired) electrons. The predicted molar refractivity (Wildman–Crippen MR) is 104 cm³/mol. The summed E-state index contributed by atoms with van der Waals surface area (Å²) in [6.45, 7) is 7.01. The van der Waals surface area contributed by atoms with E-state index in [9.17, 15) is 0 Å². The first kappa shape index (κ1) is 20.9. The Morgan fingerprint density at radius 2 is 1.48 bits per heavy atom. The molecule has 0 spiro atoms. The molecule has 0 amide bonds. The Morgan fingerprint density at radius 1 is 1.00 bits per heavy atom. The van der Waals surface area contributed by atoms with E-state index in [0.717, 1.165) is 5.82 Å². The van der Waals surface area contributed by atoms with Gasteiger partial charge in [0.1, 0.15) is 0 Å². The Hall–Kier alpha value is -0.191. The molecule has 1 heterocycles. The van der Waals surface area contributed by atoms with Gasteiger partial charge >= 0.3 is 155 Å². The van der Waals surface area contributed by atoms with Gasteiger partial charge in [0.15, 0.2) is 0 Å². The van der Waals surface area contributed by atoms with Crippen LogP contribution in [0.25, 0.3) is 0 Å². The van der Waals surface area contributed by atoms with E-state index in [1.54, 1.807) is 3.71 Å². The normalized spacial score (nSPS) is 11.9. The van der Waals surface area contributed by atoms with Crippen molar-refractivity contribution in [3.63, 3.8) is 0 Å². The fraction of sp³-hybridized carbons (Fsp3) is 0.842. The van der Waals surface area contributed by atoms with E-state index < -0.39 is 21.1 Å². The van der Waals surface area contributed by atoms with E-state index in [0.29, 0.717) is 3.43 Å². The van der Waals surface area contributed by atoms with Crippen molar-refractivity contribution in [2.24, 2.45) is 7.05 Å². The zero-order chi connectivity index (χ0) is 17.3. The number of anilines is 1. The average Bonchev–Trinajstić information content (AvgIpc) is 2.89. The van der Waals surface area contributed by atoms with E-state index in [-0.39, 0.29) is 0 Å². The van der Waals surface area contributed by atoms with Gasteiger partial charge in [0, 0.05) is 0 Å². The zero-order valence-corrected chi connectivity index (χ0v) is 19.1. The fourth-order valence-corrected chi connectivity index (χ4v) is 8.48. The van der Waals surface area contributed by atoms with Crippen LogP contribution in [0, 0.1) is 0 Å². The zero-order valence-electron chi connectivity index (χ0n) is 16.3. The van der Waals surface area contributed by atoms with Crippen molar-refractivity contribution in [3.05, 3.63) is 6.07 Å². The van der Waals surface area contributed by atoms with Crippen LogP contribution in [-0.4, -0.2) is 45.0 Å². The van der Waals surface area contributed by atoms with Gasteiger partial charge in [0.2, 0.25) is 0 Å². The Labute approximate surface area is 154 Å². The first-order valence-electron chi connectivity index (χ1n) is 9.47. The molecule has 0 saturated heterocycles. The second-order valence-corrected chi connectivity index (χ2v) is 12.3. The molecule has 0 aliphatic carbocycles. The van der Waals surface area contributed by atoms with Gasteiger partial charge in [-0.05, 0) is 0 Å². The number of hydrogen-bond acceptors (Lipinski definition) is 2. The third-order valence-corrected chi connectivity index (χ3v) is 10.5. The molecule has 0 aliphatic rings. The van der Waals surface area contributed by atoms with Gasteiger partial charge in [-0.25, -0.2) is 0 Å². The maximum absolute atomic E-state index is 4.72. The molecular formula is C19H37N3Sn. The van der Waals surface area contributed by atoms with Crippen molar-refractivity contribution in [2.45, 2.75) is 82.0 Å². The summed E-state index contributed by atoms with van der Waals surface area (Å²) in [5, 5.41) is 4.72. The SMILES string of the molecule is CCCC[C](CCCC)(CCCC)[Sn][c]1cc(N(C)C)nn1C. The Bertz CT molecular complexity index is 418. The number of nitrogens with zero attached hydrogens (tertiary/aromatic N) is 3.